The van der Waals surface area contributed by atoms with Crippen molar-refractivity contribution in [1.82, 2.24) is 0 Å². The molecule has 0 nitrogen and oxygen atoms in total. The molecular weight excluding hydrogens is 116 g/mol. The van der Waals surface area contributed by atoms with Crippen molar-refractivity contribution < 1.29 is 0 Å². The number of hydrogen-bond donors (Lipinski definition) is 0. The van der Waals surface area contributed by atoms with E-state index in [1.165, 1.54) is 5.57 Å². The van der Waals surface area contributed by atoms with Crippen LogP contribution in [0, 0.1) is 0 Å². The minimum atomic E-state index is 0.694. The van der Waals surface area contributed by atoms with Gasteiger partial charge in [-0.15, -0.1) is 11.8 Å². The third-order valence-electron chi connectivity index (χ3n) is 1.36. The van der Waals surface area contributed by atoms with Crippen LogP contribution in [0.2, 0.25) is 0 Å². The van der Waals surface area contributed by atoms with E-state index in [9.17, 15) is 0 Å². The Labute approximate surface area is 54.7 Å². The summed E-state index contributed by atoms with van der Waals surface area (Å²) in [5, 5.41) is 2.83. The van der Waals surface area contributed by atoms with Crippen molar-refractivity contribution >= 4 is 11.8 Å². The molecule has 0 amide bonds. The van der Waals surface area contributed by atoms with Gasteiger partial charge in [-0.1, -0.05) is 17.7 Å². The van der Waals surface area contributed by atoms with E-state index in [0.29, 0.717) is 5.25 Å². The fraction of sp³-hybridized carbons (Fsp3) is 0.429. The molecule has 0 bridgehead atoms. The minimum Gasteiger partial charge on any atom is -0.127 e. The van der Waals surface area contributed by atoms with E-state index in [2.05, 4.69) is 31.4 Å². The van der Waals surface area contributed by atoms with E-state index in [0.717, 1.165) is 0 Å². The van der Waals surface area contributed by atoms with Crippen molar-refractivity contribution in [1.29, 1.82) is 0 Å². The van der Waals surface area contributed by atoms with Crippen LogP contribution in [0.4, 0.5) is 0 Å². The van der Waals surface area contributed by atoms with Crippen molar-refractivity contribution in [3.8, 4) is 0 Å². The molecule has 0 aromatic heterocycles. The van der Waals surface area contributed by atoms with Crippen LogP contribution in [0.1, 0.15) is 13.8 Å². The highest BCUT2D eigenvalue weighted by molar-refractivity contribution is 8.02. The zero-order valence-corrected chi connectivity index (χ0v) is 6.03. The number of hydrogen-bond acceptors (Lipinski definition) is 1. The van der Waals surface area contributed by atoms with Gasteiger partial charge in [-0.05, 0) is 19.3 Å². The maximum absolute atomic E-state index is 2.22. The van der Waals surface area contributed by atoms with Gasteiger partial charge in [0.15, 0.2) is 0 Å². The largest absolute Gasteiger partial charge is 0.127 e. The van der Waals surface area contributed by atoms with Crippen molar-refractivity contribution in [3.05, 3.63) is 23.1 Å². The van der Waals surface area contributed by atoms with Crippen LogP contribution in [0.5, 0.6) is 0 Å². The van der Waals surface area contributed by atoms with Gasteiger partial charge in [-0.3, -0.25) is 0 Å². The second-order valence-electron chi connectivity index (χ2n) is 2.02. The summed E-state index contributed by atoms with van der Waals surface area (Å²) < 4.78 is 0. The molecule has 44 valence electrons. The van der Waals surface area contributed by atoms with E-state index < -0.39 is 0 Å². The highest BCUT2D eigenvalue weighted by Crippen LogP contribution is 2.23. The molecule has 0 radical (unpaired) electrons. The number of allylic oxidation sites excluding steroid dienone is 2. The van der Waals surface area contributed by atoms with Crippen molar-refractivity contribution in [2.24, 2.45) is 0 Å². The summed E-state index contributed by atoms with van der Waals surface area (Å²) in [6.45, 7) is 4.39. The molecule has 1 atom stereocenters. The van der Waals surface area contributed by atoms with Crippen LogP contribution >= 0.6 is 11.8 Å². The predicted octanol–water partition coefficient (Wildman–Crippen LogP) is 2.58. The van der Waals surface area contributed by atoms with Crippen LogP contribution in [-0.4, -0.2) is 5.25 Å². The van der Waals surface area contributed by atoms with Crippen LogP contribution in [0.15, 0.2) is 23.1 Å². The lowest BCUT2D eigenvalue weighted by molar-refractivity contribution is 1.12. The van der Waals surface area contributed by atoms with Gasteiger partial charge in [-0.2, -0.15) is 0 Å². The van der Waals surface area contributed by atoms with Crippen LogP contribution in [-0.2, 0) is 0 Å². The lowest BCUT2D eigenvalue weighted by Gasteiger charge is -2.10. The second kappa shape index (κ2) is 2.40. The Hall–Kier alpha value is -0.170. The topological polar surface area (TPSA) is 0 Å². The zero-order valence-electron chi connectivity index (χ0n) is 5.22. The molecule has 1 aliphatic heterocycles. The van der Waals surface area contributed by atoms with E-state index in [-0.39, 0.29) is 0 Å². The Balaban J connectivity index is 2.66. The lowest BCUT2D eigenvalue weighted by Crippen LogP contribution is -1.97. The molecule has 1 heteroatoms. The van der Waals surface area contributed by atoms with Crippen molar-refractivity contribution in [2.75, 3.05) is 0 Å². The summed E-state index contributed by atoms with van der Waals surface area (Å²) in [4.78, 5) is 0. The molecule has 0 saturated carbocycles. The van der Waals surface area contributed by atoms with Crippen LogP contribution in [0.3, 0.4) is 0 Å². The summed E-state index contributed by atoms with van der Waals surface area (Å²) in [6.07, 6.45) is 4.27. The molecule has 1 rings (SSSR count). The first kappa shape index (κ1) is 5.96. The lowest BCUT2D eigenvalue weighted by atomic mass is 10.2. The fourth-order valence-electron chi connectivity index (χ4n) is 0.597. The third kappa shape index (κ3) is 1.16. The van der Waals surface area contributed by atoms with E-state index in [1.807, 2.05) is 11.8 Å². The molecule has 0 N–H and O–H groups in total. The molecule has 1 heterocycles. The Morgan fingerprint density at radius 2 is 2.38 bits per heavy atom. The van der Waals surface area contributed by atoms with Gasteiger partial charge in [0.25, 0.3) is 0 Å². The monoisotopic (exact) mass is 126 g/mol. The third-order valence-corrected chi connectivity index (χ3v) is 2.46. The van der Waals surface area contributed by atoms with Gasteiger partial charge in [-0.25, -0.2) is 0 Å². The Kier molecular flexibility index (Phi) is 1.79. The summed E-state index contributed by atoms with van der Waals surface area (Å²) in [7, 11) is 0. The molecule has 1 unspecified atom stereocenters. The number of rotatable bonds is 0. The SMILES string of the molecule is CC1=CC=CSC1C. The van der Waals surface area contributed by atoms with Crippen LogP contribution in [0.25, 0.3) is 0 Å². The first-order chi connectivity index (χ1) is 3.80. The molecule has 0 aliphatic carbocycles. The maximum Gasteiger partial charge on any atom is 0.0269 e. The van der Waals surface area contributed by atoms with Gasteiger partial charge in [0.1, 0.15) is 0 Å². The molecular formula is C7H10S. The smallest absolute Gasteiger partial charge is 0.0269 e. The fourth-order valence-corrected chi connectivity index (χ4v) is 1.30. The molecule has 0 aromatic carbocycles. The normalized spacial score (nSPS) is 27.8. The average Bonchev–Trinajstić information content (AvgIpc) is 1.77. The maximum atomic E-state index is 2.22. The number of thioether (sulfide) groups is 1. The van der Waals surface area contributed by atoms with Gasteiger partial charge >= 0.3 is 0 Å². The van der Waals surface area contributed by atoms with E-state index in [4.69, 9.17) is 0 Å². The highest BCUT2D eigenvalue weighted by atomic mass is 32.2. The second-order valence-corrected chi connectivity index (χ2v) is 3.27. The molecule has 0 aromatic rings. The summed E-state index contributed by atoms with van der Waals surface area (Å²) in [5.74, 6) is 0. The molecule has 0 spiro atoms. The van der Waals surface area contributed by atoms with Gasteiger partial charge < -0.3 is 0 Å². The Morgan fingerprint density at radius 3 is 2.75 bits per heavy atom. The van der Waals surface area contributed by atoms with Crippen molar-refractivity contribution in [3.63, 3.8) is 0 Å². The Morgan fingerprint density at radius 1 is 1.62 bits per heavy atom. The highest BCUT2D eigenvalue weighted by Gasteiger charge is 2.03. The summed E-state index contributed by atoms with van der Waals surface area (Å²) in [5.41, 5.74) is 1.47. The summed E-state index contributed by atoms with van der Waals surface area (Å²) in [6, 6.07) is 0. The Bertz CT molecular complexity index is 133. The van der Waals surface area contributed by atoms with Crippen molar-refractivity contribution in [2.45, 2.75) is 19.1 Å². The van der Waals surface area contributed by atoms with Gasteiger partial charge in [0, 0.05) is 5.25 Å². The van der Waals surface area contributed by atoms with E-state index in [1.54, 1.807) is 0 Å². The molecule has 8 heavy (non-hydrogen) atoms. The van der Waals surface area contributed by atoms with E-state index >= 15 is 0 Å². The standard InChI is InChI=1S/C7H10S/c1-6-4-3-5-8-7(6)2/h3-5,7H,1-2H3. The first-order valence-corrected chi connectivity index (χ1v) is 3.74. The minimum absolute atomic E-state index is 0.694. The predicted molar refractivity (Wildman–Crippen MR) is 40.0 cm³/mol. The average molecular weight is 126 g/mol. The quantitative estimate of drug-likeness (QED) is 0.480. The van der Waals surface area contributed by atoms with Gasteiger partial charge in [0.2, 0.25) is 0 Å². The van der Waals surface area contributed by atoms with Gasteiger partial charge in [0.05, 0.1) is 0 Å². The summed E-state index contributed by atoms with van der Waals surface area (Å²) >= 11 is 1.88. The zero-order chi connectivity index (χ0) is 5.98. The molecule has 0 saturated heterocycles. The first-order valence-electron chi connectivity index (χ1n) is 2.79. The molecule has 0 fully saturated rings. The molecule has 1 aliphatic rings. The van der Waals surface area contributed by atoms with Crippen LogP contribution < -0.4 is 0 Å².